The van der Waals surface area contributed by atoms with Crippen LogP contribution in [0.2, 0.25) is 0 Å². The third kappa shape index (κ3) is 6.29. The van der Waals surface area contributed by atoms with Gasteiger partial charge in [0.2, 0.25) is 17.7 Å². The number of hydrogen-bond acceptors (Lipinski definition) is 9. The number of amides is 3. The van der Waals surface area contributed by atoms with Crippen molar-refractivity contribution in [2.24, 2.45) is 11.8 Å². The van der Waals surface area contributed by atoms with Gasteiger partial charge in [0, 0.05) is 52.3 Å². The Balaban J connectivity index is 1.34. The van der Waals surface area contributed by atoms with Crippen LogP contribution in [-0.4, -0.2) is 127 Å². The van der Waals surface area contributed by atoms with E-state index in [0.717, 1.165) is 18.7 Å². The molecule has 5 heterocycles. The van der Waals surface area contributed by atoms with E-state index < -0.39 is 47.5 Å². The SMILES string of the molecule is O=C1CC/C=C\CN(CCN2CCOCC2)C(=O)[C@H]2N(CCCO)C(=O)[C@@H]3[C@@H](C(=O)N[C@@H](c4ccccc4)CO1)[C@H]1C=C[C@]32O1. The lowest BCUT2D eigenvalue weighted by atomic mass is 9.74. The first kappa shape index (κ1) is 31.4. The van der Waals surface area contributed by atoms with Gasteiger partial charge < -0.3 is 34.4 Å². The molecule has 12 heteroatoms. The normalized spacial score (nSPS) is 33.3. The first-order chi connectivity index (χ1) is 21.9. The number of likely N-dealkylation sites (tertiary alicyclic amines) is 1. The van der Waals surface area contributed by atoms with Gasteiger partial charge in [-0.2, -0.15) is 0 Å². The van der Waals surface area contributed by atoms with Crippen LogP contribution >= 0.6 is 0 Å². The summed E-state index contributed by atoms with van der Waals surface area (Å²) in [6.07, 6.45) is 7.51. The number of carbonyl (C=O) groups excluding carboxylic acids is 4. The van der Waals surface area contributed by atoms with Crippen LogP contribution in [0.4, 0.5) is 0 Å². The van der Waals surface area contributed by atoms with Crippen molar-refractivity contribution >= 4 is 23.7 Å². The number of nitrogens with one attached hydrogen (secondary N) is 1. The number of ether oxygens (including phenoxy) is 3. The van der Waals surface area contributed by atoms with Gasteiger partial charge in [-0.05, 0) is 18.4 Å². The van der Waals surface area contributed by atoms with Gasteiger partial charge in [0.15, 0.2) is 0 Å². The maximum atomic E-state index is 14.6. The van der Waals surface area contributed by atoms with E-state index in [1.165, 1.54) is 4.90 Å². The minimum absolute atomic E-state index is 0.0603. The highest BCUT2D eigenvalue weighted by Gasteiger charge is 2.73. The molecule has 0 saturated carbocycles. The number of morpholine rings is 1. The second-order valence-electron chi connectivity index (χ2n) is 12.2. The molecule has 242 valence electrons. The van der Waals surface area contributed by atoms with Crippen LogP contribution in [0.1, 0.15) is 30.9 Å². The van der Waals surface area contributed by atoms with Crippen molar-refractivity contribution in [3.8, 4) is 0 Å². The van der Waals surface area contributed by atoms with Gasteiger partial charge in [0.05, 0.1) is 37.2 Å². The van der Waals surface area contributed by atoms with Crippen LogP contribution in [0.5, 0.6) is 0 Å². The molecule has 6 rings (SSSR count). The van der Waals surface area contributed by atoms with Crippen molar-refractivity contribution in [1.82, 2.24) is 20.0 Å². The maximum absolute atomic E-state index is 14.6. The van der Waals surface area contributed by atoms with Gasteiger partial charge in [0.25, 0.3) is 0 Å². The average Bonchev–Trinajstić information content (AvgIpc) is 3.70. The lowest BCUT2D eigenvalue weighted by Gasteiger charge is -2.37. The molecule has 6 atom stereocenters. The van der Waals surface area contributed by atoms with Crippen molar-refractivity contribution in [2.75, 3.05) is 65.7 Å². The Bertz CT molecular complexity index is 1310. The molecule has 12 nitrogen and oxygen atoms in total. The van der Waals surface area contributed by atoms with Crippen molar-refractivity contribution in [3.05, 3.63) is 60.2 Å². The van der Waals surface area contributed by atoms with Gasteiger partial charge in [-0.15, -0.1) is 0 Å². The number of hydrogen-bond donors (Lipinski definition) is 2. The molecular formula is C33H42N4O8. The van der Waals surface area contributed by atoms with Crippen LogP contribution in [0.25, 0.3) is 0 Å². The van der Waals surface area contributed by atoms with Gasteiger partial charge >= 0.3 is 5.97 Å². The summed E-state index contributed by atoms with van der Waals surface area (Å²) in [5, 5.41) is 12.7. The van der Waals surface area contributed by atoms with Crippen LogP contribution in [0.15, 0.2) is 54.6 Å². The monoisotopic (exact) mass is 622 g/mol. The Morgan fingerprint density at radius 2 is 1.78 bits per heavy atom. The maximum Gasteiger partial charge on any atom is 0.306 e. The molecule has 5 aliphatic heterocycles. The molecular weight excluding hydrogens is 580 g/mol. The van der Waals surface area contributed by atoms with Crippen molar-refractivity contribution < 1.29 is 38.5 Å². The van der Waals surface area contributed by atoms with E-state index in [4.69, 9.17) is 14.2 Å². The number of allylic oxidation sites excluding steroid dienone is 1. The molecule has 1 aromatic rings. The Morgan fingerprint density at radius 3 is 2.56 bits per heavy atom. The third-order valence-corrected chi connectivity index (χ3v) is 9.51. The predicted octanol–water partition coefficient (Wildman–Crippen LogP) is 0.431. The zero-order valence-electron chi connectivity index (χ0n) is 25.4. The summed E-state index contributed by atoms with van der Waals surface area (Å²) in [7, 11) is 0. The molecule has 3 amide bonds. The zero-order valence-corrected chi connectivity index (χ0v) is 25.4. The van der Waals surface area contributed by atoms with Crippen LogP contribution in [0, 0.1) is 11.8 Å². The summed E-state index contributed by atoms with van der Waals surface area (Å²) in [5.74, 6) is -3.18. The molecule has 45 heavy (non-hydrogen) atoms. The fourth-order valence-electron chi connectivity index (χ4n) is 7.22. The molecule has 3 fully saturated rings. The molecule has 1 spiro atoms. The van der Waals surface area contributed by atoms with Gasteiger partial charge in [-0.1, -0.05) is 54.6 Å². The van der Waals surface area contributed by atoms with Crippen LogP contribution < -0.4 is 5.32 Å². The fraction of sp³-hybridized carbons (Fsp3) is 0.576. The number of nitrogens with zero attached hydrogens (tertiary/aromatic N) is 3. The largest absolute Gasteiger partial charge is 0.463 e. The minimum Gasteiger partial charge on any atom is -0.463 e. The Labute approximate surface area is 262 Å². The van der Waals surface area contributed by atoms with E-state index in [2.05, 4.69) is 10.2 Å². The standard InChI is InChI=1S/C33H42N4O8/c38-19-7-14-37-29-32(42)36(16-15-35-17-20-43-21-18-35)13-6-2-5-10-26(39)44-22-24(23-8-3-1-4-9-23)34-30(40)27-25-11-12-33(29,45-25)28(27)31(37)41/h1-4,6,8-9,11-12,24-25,27-29,38H,5,7,10,13-22H2,(H,34,40)/b6-2-/t24-,25-,27+,28+,29-,33+/m1/s1. The number of carbonyl (C=O) groups is 4. The summed E-state index contributed by atoms with van der Waals surface area (Å²) in [5.41, 5.74) is -0.544. The van der Waals surface area contributed by atoms with Crippen molar-refractivity contribution in [3.63, 3.8) is 0 Å². The first-order valence-corrected chi connectivity index (χ1v) is 16.0. The number of aliphatic hydroxyl groups excluding tert-OH is 1. The topological polar surface area (TPSA) is 138 Å². The highest BCUT2D eigenvalue weighted by molar-refractivity contribution is 6.00. The Kier molecular flexibility index (Phi) is 9.64. The Morgan fingerprint density at radius 1 is 0.978 bits per heavy atom. The summed E-state index contributed by atoms with van der Waals surface area (Å²) < 4.78 is 17.6. The van der Waals surface area contributed by atoms with E-state index in [-0.39, 0.29) is 51.0 Å². The number of benzene rings is 1. The lowest BCUT2D eigenvalue weighted by Crippen LogP contribution is -2.57. The molecule has 5 bridgehead atoms. The van der Waals surface area contributed by atoms with Gasteiger partial charge in [0.1, 0.15) is 18.2 Å². The van der Waals surface area contributed by atoms with E-state index in [9.17, 15) is 24.3 Å². The fourth-order valence-corrected chi connectivity index (χ4v) is 7.22. The van der Waals surface area contributed by atoms with Crippen molar-refractivity contribution in [1.29, 1.82) is 0 Å². The lowest BCUT2D eigenvalue weighted by molar-refractivity contribution is -0.148. The molecule has 1 aromatic carbocycles. The van der Waals surface area contributed by atoms with E-state index >= 15 is 0 Å². The van der Waals surface area contributed by atoms with E-state index in [1.54, 1.807) is 17.1 Å². The quantitative estimate of drug-likeness (QED) is 0.328. The highest BCUT2D eigenvalue weighted by Crippen LogP contribution is 2.55. The molecule has 0 aliphatic carbocycles. The summed E-state index contributed by atoms with van der Waals surface area (Å²) in [4.78, 5) is 61.0. The summed E-state index contributed by atoms with van der Waals surface area (Å²) in [6.45, 7) is 4.09. The number of rotatable bonds is 7. The molecule has 0 radical (unpaired) electrons. The molecule has 3 saturated heterocycles. The van der Waals surface area contributed by atoms with Crippen molar-refractivity contribution in [2.45, 2.75) is 43.1 Å². The molecule has 5 aliphatic rings. The van der Waals surface area contributed by atoms with Crippen LogP contribution in [0.3, 0.4) is 0 Å². The summed E-state index contributed by atoms with van der Waals surface area (Å²) >= 11 is 0. The average molecular weight is 623 g/mol. The minimum atomic E-state index is -1.31. The number of fused-ring (bicyclic) bond motifs is 2. The van der Waals surface area contributed by atoms with Gasteiger partial charge in [-0.3, -0.25) is 24.1 Å². The van der Waals surface area contributed by atoms with E-state index in [0.29, 0.717) is 32.7 Å². The summed E-state index contributed by atoms with van der Waals surface area (Å²) in [6, 6.07) is 7.62. The van der Waals surface area contributed by atoms with Gasteiger partial charge in [-0.25, -0.2) is 0 Å². The predicted molar refractivity (Wildman–Crippen MR) is 161 cm³/mol. The zero-order chi connectivity index (χ0) is 31.4. The number of aliphatic hydroxyl groups is 1. The Hall–Kier alpha value is -3.58. The number of cyclic esters (lactones) is 1. The second-order valence-corrected chi connectivity index (χ2v) is 12.2. The van der Waals surface area contributed by atoms with Crippen LogP contribution in [-0.2, 0) is 33.4 Å². The molecule has 0 unspecified atom stereocenters. The first-order valence-electron chi connectivity index (χ1n) is 16.0. The highest BCUT2D eigenvalue weighted by atomic mass is 16.5. The van der Waals surface area contributed by atoms with E-state index in [1.807, 2.05) is 42.5 Å². The number of esters is 1. The third-order valence-electron chi connectivity index (χ3n) is 9.51. The molecule has 2 N–H and O–H groups in total. The molecule has 0 aromatic heterocycles. The smallest absolute Gasteiger partial charge is 0.306 e. The second kappa shape index (κ2) is 13.8.